The highest BCUT2D eigenvalue weighted by molar-refractivity contribution is 7.79. The summed E-state index contributed by atoms with van der Waals surface area (Å²) in [5, 5.41) is 9.10. The second-order valence-electron chi connectivity index (χ2n) is 6.19. The van der Waals surface area contributed by atoms with Gasteiger partial charge in [-0.1, -0.05) is 43.8 Å². The molecule has 0 saturated carbocycles. The van der Waals surface area contributed by atoms with Crippen molar-refractivity contribution >= 4 is 19.3 Å². The largest absolute Gasteiger partial charge is 0.267 e. The molecule has 2 aromatic rings. The number of thiol groups is 1. The molecule has 0 N–H and O–H groups in total. The van der Waals surface area contributed by atoms with Crippen molar-refractivity contribution in [1.29, 1.82) is 5.26 Å². The first-order valence-corrected chi connectivity index (χ1v) is 9.39. The average molecular weight is 337 g/mol. The number of hydrogen-bond acceptors (Lipinski definition) is 4. The molecule has 3 rings (SSSR count). The summed E-state index contributed by atoms with van der Waals surface area (Å²) in [6.45, 7) is 2.51. The summed E-state index contributed by atoms with van der Waals surface area (Å²) in [7, 11) is 0. The summed E-state index contributed by atoms with van der Waals surface area (Å²) >= 11 is 3.53. The SMILES string of the molecule is CCC1(c2ccc(-c3ncccn3)cc2)CCB(C#N)CC1.CS. The Bertz CT molecular complexity index is 659. The van der Waals surface area contributed by atoms with Gasteiger partial charge in [-0.25, -0.2) is 15.2 Å². The lowest BCUT2D eigenvalue weighted by molar-refractivity contribution is 0.367. The van der Waals surface area contributed by atoms with Crippen LogP contribution >= 0.6 is 12.6 Å². The van der Waals surface area contributed by atoms with E-state index in [4.69, 9.17) is 5.26 Å². The van der Waals surface area contributed by atoms with Crippen molar-refractivity contribution in [2.45, 2.75) is 44.2 Å². The van der Waals surface area contributed by atoms with Crippen LogP contribution in [0.3, 0.4) is 0 Å². The maximum Gasteiger partial charge on any atom is 0.267 e. The highest BCUT2D eigenvalue weighted by Gasteiger charge is 2.36. The van der Waals surface area contributed by atoms with E-state index >= 15 is 0 Å². The third kappa shape index (κ3) is 3.99. The fourth-order valence-electron chi connectivity index (χ4n) is 3.57. The number of nitrogens with zero attached hydrogens (tertiary/aromatic N) is 3. The maximum absolute atomic E-state index is 9.10. The molecule has 24 heavy (non-hydrogen) atoms. The number of nitriles is 1. The van der Waals surface area contributed by atoms with Gasteiger partial charge in [0.05, 0.1) is 0 Å². The van der Waals surface area contributed by atoms with E-state index in [1.54, 1.807) is 18.6 Å². The Morgan fingerprint density at radius 3 is 2.21 bits per heavy atom. The van der Waals surface area contributed by atoms with Gasteiger partial charge < -0.3 is 0 Å². The van der Waals surface area contributed by atoms with E-state index in [0.29, 0.717) is 0 Å². The molecule has 1 aromatic carbocycles. The molecule has 1 saturated heterocycles. The van der Waals surface area contributed by atoms with E-state index in [0.717, 1.165) is 43.3 Å². The van der Waals surface area contributed by atoms with Crippen molar-refractivity contribution < 1.29 is 0 Å². The highest BCUT2D eigenvalue weighted by atomic mass is 32.1. The first-order chi connectivity index (χ1) is 11.8. The summed E-state index contributed by atoms with van der Waals surface area (Å²) in [6.07, 6.45) is 10.6. The van der Waals surface area contributed by atoms with Crippen LogP contribution in [-0.4, -0.2) is 22.9 Å². The Labute approximate surface area is 151 Å². The Morgan fingerprint density at radius 2 is 1.71 bits per heavy atom. The fourth-order valence-corrected chi connectivity index (χ4v) is 3.57. The molecule has 124 valence electrons. The molecular formula is C19H24BN3S. The molecular weight excluding hydrogens is 313 g/mol. The lowest BCUT2D eigenvalue weighted by Crippen LogP contribution is -2.33. The summed E-state index contributed by atoms with van der Waals surface area (Å²) < 4.78 is 0. The molecule has 0 spiro atoms. The van der Waals surface area contributed by atoms with E-state index in [2.05, 4.69) is 59.8 Å². The standard InChI is InChI=1S/C18H20BN3.CH4S/c1-2-18(8-10-19(14-20)11-9-18)16-6-4-15(5-7-16)17-21-12-3-13-22-17;1-2/h3-7,12-13H,2,8-11H2,1H3;2H,1H3. The lowest BCUT2D eigenvalue weighted by atomic mass is 9.39. The van der Waals surface area contributed by atoms with Crippen LogP contribution in [0.5, 0.6) is 0 Å². The zero-order chi connectivity index (χ0) is 17.4. The van der Waals surface area contributed by atoms with Crippen molar-refractivity contribution in [2.75, 3.05) is 6.26 Å². The van der Waals surface area contributed by atoms with Gasteiger partial charge >= 0.3 is 0 Å². The van der Waals surface area contributed by atoms with Crippen molar-refractivity contribution in [3.05, 3.63) is 48.3 Å². The first kappa shape index (κ1) is 18.5. The summed E-state index contributed by atoms with van der Waals surface area (Å²) in [5.41, 5.74) is 2.69. The van der Waals surface area contributed by atoms with Crippen LogP contribution in [-0.2, 0) is 5.41 Å². The normalized spacial score (nSPS) is 15.8. The number of benzene rings is 1. The Balaban J connectivity index is 0.00000100. The topological polar surface area (TPSA) is 49.6 Å². The number of hydrogen-bond donors (Lipinski definition) is 1. The van der Waals surface area contributed by atoms with Crippen molar-refractivity contribution in [2.24, 2.45) is 0 Å². The van der Waals surface area contributed by atoms with Crippen LogP contribution in [0.4, 0.5) is 0 Å². The van der Waals surface area contributed by atoms with Crippen LogP contribution in [0.2, 0.25) is 12.6 Å². The Hall–Kier alpha value is -1.80. The quantitative estimate of drug-likeness (QED) is 0.653. The molecule has 0 unspecified atom stereocenters. The molecule has 1 fully saturated rings. The second kappa shape index (κ2) is 8.89. The summed E-state index contributed by atoms with van der Waals surface area (Å²) in [4.78, 5) is 8.61. The van der Waals surface area contributed by atoms with Gasteiger partial charge in [-0.05, 0) is 42.6 Å². The van der Waals surface area contributed by atoms with Gasteiger partial charge in [0.1, 0.15) is 0 Å². The molecule has 2 heterocycles. The van der Waals surface area contributed by atoms with Gasteiger partial charge in [0, 0.05) is 23.9 Å². The monoisotopic (exact) mass is 337 g/mol. The molecule has 1 aliphatic heterocycles. The van der Waals surface area contributed by atoms with E-state index in [1.165, 1.54) is 5.56 Å². The molecule has 1 aromatic heterocycles. The second-order valence-corrected chi connectivity index (χ2v) is 6.19. The van der Waals surface area contributed by atoms with Crippen molar-refractivity contribution in [1.82, 2.24) is 9.97 Å². The van der Waals surface area contributed by atoms with Crippen LogP contribution in [0, 0.1) is 11.2 Å². The fraction of sp³-hybridized carbons (Fsp3) is 0.421. The van der Waals surface area contributed by atoms with Crippen LogP contribution in [0.1, 0.15) is 31.7 Å². The highest BCUT2D eigenvalue weighted by Crippen LogP contribution is 2.42. The smallest absolute Gasteiger partial charge is 0.237 e. The van der Waals surface area contributed by atoms with Crippen molar-refractivity contribution in [3.63, 3.8) is 0 Å². The molecule has 0 bridgehead atoms. The van der Waals surface area contributed by atoms with Gasteiger partial charge in [0.2, 0.25) is 0 Å². The molecule has 5 heteroatoms. The molecule has 0 aliphatic carbocycles. The van der Waals surface area contributed by atoms with Gasteiger partial charge in [-0.15, -0.1) is 0 Å². The predicted octanol–water partition coefficient (Wildman–Crippen LogP) is 4.69. The van der Waals surface area contributed by atoms with Crippen LogP contribution in [0.15, 0.2) is 42.7 Å². The van der Waals surface area contributed by atoms with E-state index in [9.17, 15) is 0 Å². The predicted molar refractivity (Wildman–Crippen MR) is 105 cm³/mol. The summed E-state index contributed by atoms with van der Waals surface area (Å²) in [5.74, 6) is 3.20. The minimum atomic E-state index is 0.240. The zero-order valence-corrected chi connectivity index (χ0v) is 15.3. The van der Waals surface area contributed by atoms with Crippen molar-refractivity contribution in [3.8, 4) is 17.4 Å². The van der Waals surface area contributed by atoms with Gasteiger partial charge in [0.15, 0.2) is 5.82 Å². The van der Waals surface area contributed by atoms with E-state index < -0.39 is 0 Å². The Kier molecular flexibility index (Phi) is 6.87. The minimum absolute atomic E-state index is 0.240. The Morgan fingerprint density at radius 1 is 1.12 bits per heavy atom. The van der Waals surface area contributed by atoms with Gasteiger partial charge in [0.25, 0.3) is 6.71 Å². The molecule has 1 aliphatic rings. The van der Waals surface area contributed by atoms with Gasteiger partial charge in [-0.3, -0.25) is 0 Å². The van der Waals surface area contributed by atoms with E-state index in [1.807, 2.05) is 6.07 Å². The molecule has 0 amide bonds. The van der Waals surface area contributed by atoms with Crippen LogP contribution in [0.25, 0.3) is 11.4 Å². The lowest BCUT2D eigenvalue weighted by Gasteiger charge is -2.38. The molecule has 3 nitrogen and oxygen atoms in total. The first-order valence-electron chi connectivity index (χ1n) is 8.50. The summed E-state index contributed by atoms with van der Waals surface area (Å²) in [6, 6.07) is 10.5. The average Bonchev–Trinajstić information content (AvgIpc) is 2.70. The minimum Gasteiger partial charge on any atom is -0.237 e. The third-order valence-electron chi connectivity index (χ3n) is 5.12. The molecule has 0 radical (unpaired) electrons. The number of aromatic nitrogens is 2. The van der Waals surface area contributed by atoms with E-state index in [-0.39, 0.29) is 12.1 Å². The maximum atomic E-state index is 9.10. The number of rotatable bonds is 3. The third-order valence-corrected chi connectivity index (χ3v) is 5.12. The van der Waals surface area contributed by atoms with Gasteiger partial charge in [-0.2, -0.15) is 12.6 Å². The van der Waals surface area contributed by atoms with Crippen LogP contribution < -0.4 is 0 Å². The zero-order valence-electron chi connectivity index (χ0n) is 14.4. The molecule has 0 atom stereocenters.